The highest BCUT2D eigenvalue weighted by atomic mass is 32.2. The van der Waals surface area contributed by atoms with Gasteiger partial charge in [0.05, 0.1) is 18.0 Å². The van der Waals surface area contributed by atoms with Crippen molar-refractivity contribution in [1.82, 2.24) is 4.90 Å². The van der Waals surface area contributed by atoms with Gasteiger partial charge in [0.25, 0.3) is 5.91 Å². The third-order valence-electron chi connectivity index (χ3n) is 5.44. The number of nitrogens with one attached hydrogen (secondary N) is 1. The van der Waals surface area contributed by atoms with E-state index in [1.165, 1.54) is 11.8 Å². The summed E-state index contributed by atoms with van der Waals surface area (Å²) in [6, 6.07) is 14.4. The second-order valence-corrected chi connectivity index (χ2v) is 9.15. The van der Waals surface area contributed by atoms with Crippen molar-refractivity contribution in [3.63, 3.8) is 0 Å². The van der Waals surface area contributed by atoms with E-state index in [1.54, 1.807) is 31.4 Å². The maximum Gasteiger partial charge on any atom is 0.271 e. The Morgan fingerprint density at radius 1 is 1.16 bits per heavy atom. The largest absolute Gasteiger partial charge is 0.497 e. The van der Waals surface area contributed by atoms with Crippen molar-refractivity contribution >= 4 is 46.0 Å². The number of amides is 2. The van der Waals surface area contributed by atoms with E-state index in [0.717, 1.165) is 17.0 Å². The molecule has 8 heteroatoms. The van der Waals surface area contributed by atoms with Crippen LogP contribution in [0.3, 0.4) is 0 Å². The predicted octanol–water partition coefficient (Wildman–Crippen LogP) is 4.46. The van der Waals surface area contributed by atoms with E-state index in [4.69, 9.17) is 9.73 Å². The van der Waals surface area contributed by atoms with E-state index in [1.807, 2.05) is 49.9 Å². The average molecular weight is 451 g/mol. The summed E-state index contributed by atoms with van der Waals surface area (Å²) < 4.78 is 5.17. The third-order valence-corrected chi connectivity index (χ3v) is 6.77. The van der Waals surface area contributed by atoms with Crippen LogP contribution in [-0.2, 0) is 9.59 Å². The molecular formula is C24H26N4O3S. The number of nitrogens with zero attached hydrogens (tertiary/aromatic N) is 3. The van der Waals surface area contributed by atoms with Crippen LogP contribution in [-0.4, -0.2) is 46.1 Å². The minimum atomic E-state index is -0.424. The van der Waals surface area contributed by atoms with Crippen molar-refractivity contribution in [3.8, 4) is 5.75 Å². The molecule has 4 rings (SSSR count). The van der Waals surface area contributed by atoms with Gasteiger partial charge in [0.15, 0.2) is 5.17 Å². The Bertz CT molecular complexity index is 1090. The highest BCUT2D eigenvalue weighted by Crippen LogP contribution is 2.37. The molecule has 0 aromatic heterocycles. The Morgan fingerprint density at radius 2 is 1.88 bits per heavy atom. The van der Waals surface area contributed by atoms with Crippen LogP contribution < -0.4 is 10.1 Å². The predicted molar refractivity (Wildman–Crippen MR) is 129 cm³/mol. The summed E-state index contributed by atoms with van der Waals surface area (Å²) in [5.41, 5.74) is 2.29. The lowest BCUT2D eigenvalue weighted by molar-refractivity contribution is -0.120. The molecule has 0 radical (unpaired) electrons. The molecule has 2 amide bonds. The van der Waals surface area contributed by atoms with Crippen molar-refractivity contribution in [1.29, 1.82) is 0 Å². The molecule has 2 aliphatic heterocycles. The fourth-order valence-electron chi connectivity index (χ4n) is 3.80. The van der Waals surface area contributed by atoms with Crippen LogP contribution in [0.25, 0.3) is 0 Å². The lowest BCUT2D eigenvalue weighted by Crippen LogP contribution is -2.47. The molecule has 0 aliphatic carbocycles. The van der Waals surface area contributed by atoms with Crippen LogP contribution in [0.2, 0.25) is 0 Å². The van der Waals surface area contributed by atoms with Crippen molar-refractivity contribution in [2.24, 2.45) is 15.9 Å². The number of rotatable bonds is 6. The summed E-state index contributed by atoms with van der Waals surface area (Å²) in [7, 11) is 1.60. The fourth-order valence-corrected chi connectivity index (χ4v) is 4.85. The van der Waals surface area contributed by atoms with E-state index in [2.05, 4.69) is 10.3 Å². The smallest absolute Gasteiger partial charge is 0.271 e. The summed E-state index contributed by atoms with van der Waals surface area (Å²) >= 11 is 1.37. The first-order valence-corrected chi connectivity index (χ1v) is 11.5. The van der Waals surface area contributed by atoms with Gasteiger partial charge in [-0.2, -0.15) is 4.99 Å². The van der Waals surface area contributed by atoms with Gasteiger partial charge in [-0.1, -0.05) is 44.7 Å². The van der Waals surface area contributed by atoms with E-state index < -0.39 is 6.04 Å². The minimum Gasteiger partial charge on any atom is -0.497 e. The van der Waals surface area contributed by atoms with Crippen molar-refractivity contribution in [3.05, 3.63) is 54.1 Å². The SMILES string of the molecule is CCC(SC1=Nc2ccccc2C2=NC(=O)C(C(C)C)N12)C(=O)Nc1ccc(OC)cc1. The molecule has 2 aromatic carbocycles. The molecule has 0 spiro atoms. The van der Waals surface area contributed by atoms with Gasteiger partial charge < -0.3 is 10.1 Å². The molecule has 7 nitrogen and oxygen atoms in total. The topological polar surface area (TPSA) is 83.4 Å². The Labute approximate surface area is 192 Å². The number of fused-ring (bicyclic) bond motifs is 3. The minimum absolute atomic E-state index is 0.0491. The van der Waals surface area contributed by atoms with Gasteiger partial charge in [0, 0.05) is 11.3 Å². The lowest BCUT2D eigenvalue weighted by atomic mass is 10.0. The van der Waals surface area contributed by atoms with Gasteiger partial charge in [0.1, 0.15) is 17.6 Å². The molecule has 166 valence electrons. The van der Waals surface area contributed by atoms with Gasteiger partial charge in [0.2, 0.25) is 5.91 Å². The molecule has 0 saturated carbocycles. The van der Waals surface area contributed by atoms with E-state index in [-0.39, 0.29) is 23.0 Å². The first kappa shape index (κ1) is 22.1. The van der Waals surface area contributed by atoms with Crippen LogP contribution >= 0.6 is 11.8 Å². The van der Waals surface area contributed by atoms with E-state index in [9.17, 15) is 9.59 Å². The second kappa shape index (κ2) is 9.16. The summed E-state index contributed by atoms with van der Waals surface area (Å²) in [5.74, 6) is 1.11. The summed E-state index contributed by atoms with van der Waals surface area (Å²) in [6.45, 7) is 5.96. The second-order valence-electron chi connectivity index (χ2n) is 7.98. The first-order valence-electron chi connectivity index (χ1n) is 10.6. The number of thioether (sulfide) groups is 1. The zero-order valence-electron chi connectivity index (χ0n) is 18.5. The molecular weight excluding hydrogens is 424 g/mol. The number of aliphatic imine (C=N–C) groups is 2. The van der Waals surface area contributed by atoms with Gasteiger partial charge in [-0.3, -0.25) is 14.5 Å². The Hall–Kier alpha value is -3.13. The number of carbonyl (C=O) groups excluding carboxylic acids is 2. The van der Waals surface area contributed by atoms with Gasteiger partial charge in [-0.15, -0.1) is 0 Å². The highest BCUT2D eigenvalue weighted by Gasteiger charge is 2.44. The highest BCUT2D eigenvalue weighted by molar-refractivity contribution is 8.15. The zero-order chi connectivity index (χ0) is 22.8. The molecule has 0 saturated heterocycles. The number of para-hydroxylation sites is 1. The molecule has 2 heterocycles. The normalized spacial score (nSPS) is 18.0. The maximum atomic E-state index is 13.1. The van der Waals surface area contributed by atoms with Crippen molar-refractivity contribution < 1.29 is 14.3 Å². The third kappa shape index (κ3) is 4.14. The van der Waals surface area contributed by atoms with Gasteiger partial charge in [-0.25, -0.2) is 4.99 Å². The molecule has 2 atom stereocenters. The quantitative estimate of drug-likeness (QED) is 0.703. The molecule has 0 fully saturated rings. The molecule has 2 aromatic rings. The molecule has 0 bridgehead atoms. The molecule has 32 heavy (non-hydrogen) atoms. The van der Waals surface area contributed by atoms with Crippen molar-refractivity contribution in [2.45, 2.75) is 38.5 Å². The number of carbonyl (C=O) groups is 2. The number of amidine groups is 2. The summed E-state index contributed by atoms with van der Waals surface area (Å²) in [6.07, 6.45) is 0.605. The summed E-state index contributed by atoms with van der Waals surface area (Å²) in [5, 5.41) is 3.21. The number of methoxy groups -OCH3 is 1. The first-order chi connectivity index (χ1) is 15.4. The Balaban J connectivity index is 1.61. The average Bonchev–Trinajstić information content (AvgIpc) is 3.15. The number of hydrogen-bond acceptors (Lipinski definition) is 6. The van der Waals surface area contributed by atoms with E-state index >= 15 is 0 Å². The summed E-state index contributed by atoms with van der Waals surface area (Å²) in [4.78, 5) is 36.9. The molecule has 2 unspecified atom stereocenters. The standard InChI is InChI=1S/C24H26N4O3S/c1-5-19(22(29)25-15-10-12-16(31-4)13-11-15)32-24-26-18-9-7-6-8-17(18)21-27-23(30)20(14(2)3)28(21)24/h6-14,19-20H,5H2,1-4H3,(H,25,29). The lowest BCUT2D eigenvalue weighted by Gasteiger charge is -2.33. The number of benzene rings is 2. The molecule has 1 N–H and O–H groups in total. The Kier molecular flexibility index (Phi) is 6.32. The number of hydrogen-bond donors (Lipinski definition) is 1. The number of anilines is 1. The van der Waals surface area contributed by atoms with E-state index in [0.29, 0.717) is 23.1 Å². The zero-order valence-corrected chi connectivity index (χ0v) is 19.3. The van der Waals surface area contributed by atoms with Crippen LogP contribution in [0.5, 0.6) is 5.75 Å². The number of ether oxygens (including phenoxy) is 1. The van der Waals surface area contributed by atoms with Crippen LogP contribution in [0, 0.1) is 5.92 Å². The van der Waals surface area contributed by atoms with Gasteiger partial charge in [-0.05, 0) is 48.7 Å². The molecule has 2 aliphatic rings. The maximum absolute atomic E-state index is 13.1. The van der Waals surface area contributed by atoms with Crippen molar-refractivity contribution in [2.75, 3.05) is 12.4 Å². The van der Waals surface area contributed by atoms with Crippen LogP contribution in [0.15, 0.2) is 58.5 Å². The van der Waals surface area contributed by atoms with Crippen LogP contribution in [0.4, 0.5) is 11.4 Å². The fraction of sp³-hybridized carbons (Fsp3) is 0.333. The van der Waals surface area contributed by atoms with Gasteiger partial charge >= 0.3 is 0 Å². The Morgan fingerprint density at radius 3 is 2.53 bits per heavy atom. The van der Waals surface area contributed by atoms with Crippen LogP contribution in [0.1, 0.15) is 32.8 Å². The monoisotopic (exact) mass is 450 g/mol.